The van der Waals surface area contributed by atoms with Crippen LogP contribution in [0.3, 0.4) is 0 Å². The standard InChI is InChI=1S/C12H17BrN2O/c1-9-7-10(13)8-15(12(9)16)11-3-5-14(2)6-4-11/h7-8,11H,3-6H2,1-2H3. The molecule has 1 fully saturated rings. The summed E-state index contributed by atoms with van der Waals surface area (Å²) in [6.45, 7) is 4.02. The van der Waals surface area contributed by atoms with Crippen LogP contribution in [-0.2, 0) is 0 Å². The van der Waals surface area contributed by atoms with Crippen LogP contribution in [-0.4, -0.2) is 29.6 Å². The van der Waals surface area contributed by atoms with Crippen LogP contribution in [0, 0.1) is 6.92 Å². The third-order valence-corrected chi connectivity index (χ3v) is 3.70. The van der Waals surface area contributed by atoms with E-state index in [9.17, 15) is 4.79 Å². The van der Waals surface area contributed by atoms with Gasteiger partial charge in [0.05, 0.1) is 0 Å². The van der Waals surface area contributed by atoms with Crippen molar-refractivity contribution in [3.8, 4) is 0 Å². The van der Waals surface area contributed by atoms with Gasteiger partial charge in [-0.2, -0.15) is 0 Å². The van der Waals surface area contributed by atoms with Crippen LogP contribution >= 0.6 is 15.9 Å². The normalized spacial score (nSPS) is 18.9. The number of rotatable bonds is 1. The molecule has 0 atom stereocenters. The first-order chi connectivity index (χ1) is 7.58. The van der Waals surface area contributed by atoms with Crippen LogP contribution in [0.15, 0.2) is 21.5 Å². The van der Waals surface area contributed by atoms with E-state index in [4.69, 9.17) is 0 Å². The molecular weight excluding hydrogens is 268 g/mol. The number of pyridine rings is 1. The van der Waals surface area contributed by atoms with Crippen molar-refractivity contribution in [2.24, 2.45) is 0 Å². The lowest BCUT2D eigenvalue weighted by atomic mass is 10.0. The molecule has 1 saturated heterocycles. The van der Waals surface area contributed by atoms with Gasteiger partial charge in [0.25, 0.3) is 5.56 Å². The highest BCUT2D eigenvalue weighted by Gasteiger charge is 2.19. The fourth-order valence-corrected chi connectivity index (χ4v) is 2.81. The summed E-state index contributed by atoms with van der Waals surface area (Å²) in [6, 6.07) is 2.24. The molecule has 0 aliphatic carbocycles. The van der Waals surface area contributed by atoms with E-state index >= 15 is 0 Å². The Morgan fingerprint density at radius 2 is 2.00 bits per heavy atom. The molecule has 0 unspecified atom stereocenters. The van der Waals surface area contributed by atoms with E-state index < -0.39 is 0 Å². The SMILES string of the molecule is Cc1cc(Br)cn(C2CCN(C)CC2)c1=O. The van der Waals surface area contributed by atoms with Crippen molar-refractivity contribution >= 4 is 15.9 Å². The van der Waals surface area contributed by atoms with Crippen LogP contribution < -0.4 is 5.56 Å². The van der Waals surface area contributed by atoms with E-state index in [-0.39, 0.29) is 5.56 Å². The molecule has 0 saturated carbocycles. The van der Waals surface area contributed by atoms with Gasteiger partial charge in [-0.1, -0.05) is 0 Å². The molecule has 4 heteroatoms. The summed E-state index contributed by atoms with van der Waals surface area (Å²) in [6.07, 6.45) is 4.05. The predicted molar refractivity (Wildman–Crippen MR) is 68.9 cm³/mol. The van der Waals surface area contributed by atoms with Crippen molar-refractivity contribution in [1.29, 1.82) is 0 Å². The zero-order valence-electron chi connectivity index (χ0n) is 9.74. The van der Waals surface area contributed by atoms with Gasteiger partial charge in [0, 0.05) is 22.3 Å². The van der Waals surface area contributed by atoms with Gasteiger partial charge in [0.2, 0.25) is 0 Å². The Balaban J connectivity index is 2.30. The van der Waals surface area contributed by atoms with Crippen LogP contribution in [0.25, 0.3) is 0 Å². The summed E-state index contributed by atoms with van der Waals surface area (Å²) in [5, 5.41) is 0. The number of nitrogens with zero attached hydrogens (tertiary/aromatic N) is 2. The molecule has 2 heterocycles. The molecule has 0 spiro atoms. The predicted octanol–water partition coefficient (Wildman–Crippen LogP) is 2.19. The number of hydrogen-bond acceptors (Lipinski definition) is 2. The van der Waals surface area contributed by atoms with E-state index in [1.54, 1.807) is 0 Å². The van der Waals surface area contributed by atoms with Gasteiger partial charge in [-0.25, -0.2) is 0 Å². The minimum Gasteiger partial charge on any atom is -0.311 e. The molecule has 0 bridgehead atoms. The summed E-state index contributed by atoms with van der Waals surface area (Å²) in [7, 11) is 2.13. The van der Waals surface area contributed by atoms with Crippen molar-refractivity contribution in [2.75, 3.05) is 20.1 Å². The van der Waals surface area contributed by atoms with Gasteiger partial charge < -0.3 is 9.47 Å². The zero-order valence-corrected chi connectivity index (χ0v) is 11.3. The van der Waals surface area contributed by atoms with Gasteiger partial charge in [0.15, 0.2) is 0 Å². The fourth-order valence-electron chi connectivity index (χ4n) is 2.25. The first-order valence-corrected chi connectivity index (χ1v) is 6.44. The van der Waals surface area contributed by atoms with Gasteiger partial charge in [-0.3, -0.25) is 4.79 Å². The fraction of sp³-hybridized carbons (Fsp3) is 0.583. The van der Waals surface area contributed by atoms with Crippen molar-refractivity contribution in [1.82, 2.24) is 9.47 Å². The van der Waals surface area contributed by atoms with Gasteiger partial charge in [-0.05, 0) is 61.9 Å². The molecule has 0 radical (unpaired) electrons. The highest BCUT2D eigenvalue weighted by molar-refractivity contribution is 9.10. The number of aryl methyl sites for hydroxylation is 1. The number of likely N-dealkylation sites (tertiary alicyclic amines) is 1. The largest absolute Gasteiger partial charge is 0.311 e. The van der Waals surface area contributed by atoms with Crippen molar-refractivity contribution in [2.45, 2.75) is 25.8 Å². The Hall–Kier alpha value is -0.610. The monoisotopic (exact) mass is 284 g/mol. The first-order valence-electron chi connectivity index (χ1n) is 5.65. The quantitative estimate of drug-likeness (QED) is 0.790. The van der Waals surface area contributed by atoms with Crippen LogP contribution in [0.4, 0.5) is 0 Å². The maximum absolute atomic E-state index is 12.0. The molecule has 1 aromatic rings. The molecule has 1 aliphatic rings. The Morgan fingerprint density at radius 3 is 2.62 bits per heavy atom. The average Bonchev–Trinajstić information content (AvgIpc) is 2.25. The number of hydrogen-bond donors (Lipinski definition) is 0. The molecule has 3 nitrogen and oxygen atoms in total. The Kier molecular flexibility index (Phi) is 3.50. The maximum Gasteiger partial charge on any atom is 0.253 e. The minimum absolute atomic E-state index is 0.151. The molecular formula is C12H17BrN2O. The Bertz CT molecular complexity index is 433. The summed E-state index contributed by atoms with van der Waals surface area (Å²) in [5.74, 6) is 0. The lowest BCUT2D eigenvalue weighted by molar-refractivity contribution is 0.218. The molecule has 2 rings (SSSR count). The highest BCUT2D eigenvalue weighted by atomic mass is 79.9. The third kappa shape index (κ3) is 2.38. The highest BCUT2D eigenvalue weighted by Crippen LogP contribution is 2.21. The second kappa shape index (κ2) is 4.72. The lowest BCUT2D eigenvalue weighted by Crippen LogP contribution is -2.35. The van der Waals surface area contributed by atoms with Gasteiger partial charge in [0.1, 0.15) is 0 Å². The second-order valence-electron chi connectivity index (χ2n) is 4.59. The molecule has 1 aromatic heterocycles. The number of halogens is 1. The van der Waals surface area contributed by atoms with Crippen molar-refractivity contribution < 1.29 is 0 Å². The minimum atomic E-state index is 0.151. The van der Waals surface area contributed by atoms with Gasteiger partial charge >= 0.3 is 0 Å². The van der Waals surface area contributed by atoms with E-state index in [1.165, 1.54) is 0 Å². The molecule has 88 valence electrons. The van der Waals surface area contributed by atoms with Crippen molar-refractivity contribution in [3.63, 3.8) is 0 Å². The van der Waals surface area contributed by atoms with Crippen molar-refractivity contribution in [3.05, 3.63) is 32.7 Å². The second-order valence-corrected chi connectivity index (χ2v) is 5.50. The van der Waals surface area contributed by atoms with E-state index in [2.05, 4.69) is 27.9 Å². The number of aromatic nitrogens is 1. The molecule has 0 N–H and O–H groups in total. The molecule has 16 heavy (non-hydrogen) atoms. The molecule has 0 aromatic carbocycles. The molecule has 0 amide bonds. The van der Waals surface area contributed by atoms with E-state index in [0.29, 0.717) is 6.04 Å². The Morgan fingerprint density at radius 1 is 1.38 bits per heavy atom. The summed E-state index contributed by atoms with van der Waals surface area (Å²) < 4.78 is 2.88. The number of piperidine rings is 1. The summed E-state index contributed by atoms with van der Waals surface area (Å²) >= 11 is 3.46. The van der Waals surface area contributed by atoms with Crippen LogP contribution in [0.5, 0.6) is 0 Å². The topological polar surface area (TPSA) is 25.2 Å². The van der Waals surface area contributed by atoms with Crippen LogP contribution in [0.1, 0.15) is 24.4 Å². The van der Waals surface area contributed by atoms with Crippen LogP contribution in [0.2, 0.25) is 0 Å². The van der Waals surface area contributed by atoms with E-state index in [1.807, 2.05) is 23.8 Å². The first kappa shape index (κ1) is 11.9. The zero-order chi connectivity index (χ0) is 11.7. The smallest absolute Gasteiger partial charge is 0.253 e. The summed E-state index contributed by atoms with van der Waals surface area (Å²) in [5.41, 5.74) is 0.964. The summed E-state index contributed by atoms with van der Waals surface area (Å²) in [4.78, 5) is 14.3. The van der Waals surface area contributed by atoms with E-state index in [0.717, 1.165) is 36.0 Å². The maximum atomic E-state index is 12.0. The average molecular weight is 285 g/mol. The lowest BCUT2D eigenvalue weighted by Gasteiger charge is -2.30. The third-order valence-electron chi connectivity index (χ3n) is 3.27. The van der Waals surface area contributed by atoms with Gasteiger partial charge in [-0.15, -0.1) is 0 Å². The molecule has 1 aliphatic heterocycles. The Labute approximate surface area is 104 Å².